The van der Waals surface area contributed by atoms with Crippen LogP contribution in [0.15, 0.2) is 54.6 Å². The fourth-order valence-electron chi connectivity index (χ4n) is 2.21. The number of nitrogens with one attached hydrogen (secondary N) is 1. The molecule has 4 nitrogen and oxygen atoms in total. The predicted octanol–water partition coefficient (Wildman–Crippen LogP) is 4.83. The lowest BCUT2D eigenvalue weighted by Crippen LogP contribution is -2.20. The third kappa shape index (κ3) is 6.37. The van der Waals surface area contributed by atoms with Crippen molar-refractivity contribution in [2.45, 2.75) is 26.2 Å². The van der Waals surface area contributed by atoms with Crippen LogP contribution in [0.1, 0.15) is 31.9 Å². The van der Waals surface area contributed by atoms with Gasteiger partial charge in [-0.15, -0.1) is 0 Å². The number of esters is 1. The second-order valence-corrected chi connectivity index (χ2v) is 7.31. The molecule has 5 heteroatoms. The number of carbonyl (C=O) groups is 2. The van der Waals surface area contributed by atoms with E-state index in [9.17, 15) is 9.59 Å². The van der Waals surface area contributed by atoms with Gasteiger partial charge in [-0.2, -0.15) is 0 Å². The van der Waals surface area contributed by atoms with E-state index in [0.717, 1.165) is 5.56 Å². The van der Waals surface area contributed by atoms with Gasteiger partial charge in [-0.25, -0.2) is 4.79 Å². The molecule has 0 fully saturated rings. The number of halogens is 1. The van der Waals surface area contributed by atoms with E-state index in [1.807, 2.05) is 30.3 Å². The zero-order chi connectivity index (χ0) is 19.2. The number of amides is 1. The molecule has 0 saturated heterocycles. The van der Waals surface area contributed by atoms with Crippen LogP contribution >= 0.6 is 11.6 Å². The van der Waals surface area contributed by atoms with Crippen molar-refractivity contribution in [3.05, 3.63) is 70.8 Å². The summed E-state index contributed by atoms with van der Waals surface area (Å²) in [5, 5.41) is 3.28. The average Bonchev–Trinajstić information content (AvgIpc) is 2.58. The Morgan fingerprint density at radius 2 is 1.81 bits per heavy atom. The summed E-state index contributed by atoms with van der Waals surface area (Å²) >= 11 is 5.87. The van der Waals surface area contributed by atoms with Crippen molar-refractivity contribution in [3.63, 3.8) is 0 Å². The number of carbonyl (C=O) groups excluding carboxylic acids is 2. The molecule has 0 aliphatic rings. The van der Waals surface area contributed by atoms with Gasteiger partial charge in [0.15, 0.2) is 6.61 Å². The molecule has 26 heavy (non-hydrogen) atoms. The summed E-state index contributed by atoms with van der Waals surface area (Å²) in [5.74, 6) is -0.985. The molecular formula is C21H22ClNO3. The van der Waals surface area contributed by atoms with Gasteiger partial charge in [0.1, 0.15) is 0 Å². The van der Waals surface area contributed by atoms with E-state index in [-0.39, 0.29) is 12.0 Å². The summed E-state index contributed by atoms with van der Waals surface area (Å²) in [6, 6.07) is 14.7. The van der Waals surface area contributed by atoms with E-state index in [0.29, 0.717) is 10.7 Å². The van der Waals surface area contributed by atoms with Gasteiger partial charge in [0, 0.05) is 16.8 Å². The molecule has 1 amide bonds. The number of anilines is 1. The van der Waals surface area contributed by atoms with Crippen LogP contribution in [-0.2, 0) is 19.7 Å². The Bertz CT molecular complexity index is 805. The van der Waals surface area contributed by atoms with Crippen LogP contribution in [0.4, 0.5) is 5.69 Å². The Balaban J connectivity index is 1.82. The van der Waals surface area contributed by atoms with E-state index < -0.39 is 11.9 Å². The normalized spacial score (nSPS) is 11.4. The Labute approximate surface area is 158 Å². The SMILES string of the molecule is CC(C)(C)c1ccc(NC(=O)COC(=O)C=Cc2cccc(Cl)c2)cc1. The first-order chi connectivity index (χ1) is 12.2. The highest BCUT2D eigenvalue weighted by atomic mass is 35.5. The van der Waals surface area contributed by atoms with Crippen molar-refractivity contribution < 1.29 is 14.3 Å². The fourth-order valence-corrected chi connectivity index (χ4v) is 2.41. The molecule has 2 aromatic carbocycles. The maximum Gasteiger partial charge on any atom is 0.331 e. The molecule has 2 aromatic rings. The summed E-state index contributed by atoms with van der Waals surface area (Å²) < 4.78 is 4.94. The van der Waals surface area contributed by atoms with E-state index in [4.69, 9.17) is 16.3 Å². The minimum Gasteiger partial charge on any atom is -0.452 e. The monoisotopic (exact) mass is 371 g/mol. The summed E-state index contributed by atoms with van der Waals surface area (Å²) in [6.07, 6.45) is 2.84. The molecule has 0 atom stereocenters. The average molecular weight is 372 g/mol. The smallest absolute Gasteiger partial charge is 0.331 e. The largest absolute Gasteiger partial charge is 0.452 e. The van der Waals surface area contributed by atoms with Gasteiger partial charge in [-0.05, 0) is 46.9 Å². The highest BCUT2D eigenvalue weighted by Crippen LogP contribution is 2.23. The summed E-state index contributed by atoms with van der Waals surface area (Å²) in [5.41, 5.74) is 2.66. The highest BCUT2D eigenvalue weighted by molar-refractivity contribution is 6.30. The van der Waals surface area contributed by atoms with Crippen LogP contribution in [0.2, 0.25) is 5.02 Å². The zero-order valence-electron chi connectivity index (χ0n) is 15.1. The topological polar surface area (TPSA) is 55.4 Å². The van der Waals surface area contributed by atoms with Gasteiger partial charge in [0.05, 0.1) is 0 Å². The van der Waals surface area contributed by atoms with Crippen LogP contribution in [0.5, 0.6) is 0 Å². The second-order valence-electron chi connectivity index (χ2n) is 6.87. The van der Waals surface area contributed by atoms with Gasteiger partial charge in [-0.3, -0.25) is 4.79 Å². The Morgan fingerprint density at radius 1 is 1.12 bits per heavy atom. The lowest BCUT2D eigenvalue weighted by Gasteiger charge is -2.19. The molecule has 0 unspecified atom stereocenters. The van der Waals surface area contributed by atoms with Crippen molar-refractivity contribution >= 4 is 35.2 Å². The van der Waals surface area contributed by atoms with Gasteiger partial charge < -0.3 is 10.1 Å². The molecule has 0 saturated carbocycles. The minimum atomic E-state index is -0.594. The van der Waals surface area contributed by atoms with Crippen molar-refractivity contribution in [2.75, 3.05) is 11.9 Å². The third-order valence-corrected chi connectivity index (χ3v) is 3.88. The summed E-state index contributed by atoms with van der Waals surface area (Å²) in [4.78, 5) is 23.6. The van der Waals surface area contributed by atoms with Crippen LogP contribution in [-0.4, -0.2) is 18.5 Å². The molecular weight excluding hydrogens is 350 g/mol. The van der Waals surface area contributed by atoms with Crippen LogP contribution < -0.4 is 5.32 Å². The standard InChI is InChI=1S/C21H22ClNO3/c1-21(2,3)16-8-10-18(11-9-16)23-19(24)14-26-20(25)12-7-15-5-4-6-17(22)13-15/h4-13H,14H2,1-3H3,(H,23,24). The molecule has 0 aromatic heterocycles. The number of hydrogen-bond donors (Lipinski definition) is 1. The van der Waals surface area contributed by atoms with Crippen molar-refractivity contribution in [2.24, 2.45) is 0 Å². The van der Waals surface area contributed by atoms with E-state index >= 15 is 0 Å². The van der Waals surface area contributed by atoms with Crippen molar-refractivity contribution in [1.29, 1.82) is 0 Å². The predicted molar refractivity (Wildman–Crippen MR) is 105 cm³/mol. The molecule has 0 radical (unpaired) electrons. The minimum absolute atomic E-state index is 0.0490. The molecule has 2 rings (SSSR count). The van der Waals surface area contributed by atoms with E-state index in [1.54, 1.807) is 24.3 Å². The molecule has 0 aliphatic carbocycles. The van der Waals surface area contributed by atoms with Gasteiger partial charge >= 0.3 is 5.97 Å². The van der Waals surface area contributed by atoms with Gasteiger partial charge in [0.2, 0.25) is 0 Å². The van der Waals surface area contributed by atoms with Crippen molar-refractivity contribution in [1.82, 2.24) is 0 Å². The number of rotatable bonds is 5. The van der Waals surface area contributed by atoms with Gasteiger partial charge in [-0.1, -0.05) is 56.6 Å². The molecule has 0 spiro atoms. The van der Waals surface area contributed by atoms with E-state index in [2.05, 4.69) is 26.1 Å². The number of benzene rings is 2. The summed E-state index contributed by atoms with van der Waals surface area (Å²) in [6.45, 7) is 6.02. The lowest BCUT2D eigenvalue weighted by molar-refractivity contribution is -0.142. The first-order valence-electron chi connectivity index (χ1n) is 8.25. The third-order valence-electron chi connectivity index (χ3n) is 3.64. The molecule has 1 N–H and O–H groups in total. The number of ether oxygens (including phenoxy) is 1. The zero-order valence-corrected chi connectivity index (χ0v) is 15.8. The molecule has 0 bridgehead atoms. The fraction of sp³-hybridized carbons (Fsp3) is 0.238. The van der Waals surface area contributed by atoms with Crippen molar-refractivity contribution in [3.8, 4) is 0 Å². The lowest BCUT2D eigenvalue weighted by atomic mass is 9.87. The Morgan fingerprint density at radius 3 is 2.42 bits per heavy atom. The van der Waals surface area contributed by atoms with Crippen LogP contribution in [0.3, 0.4) is 0 Å². The first-order valence-corrected chi connectivity index (χ1v) is 8.62. The Hall–Kier alpha value is -2.59. The van der Waals surface area contributed by atoms with E-state index in [1.165, 1.54) is 11.6 Å². The van der Waals surface area contributed by atoms with Gasteiger partial charge in [0.25, 0.3) is 5.91 Å². The second kappa shape index (κ2) is 8.68. The maximum atomic E-state index is 11.9. The number of hydrogen-bond acceptors (Lipinski definition) is 3. The molecule has 136 valence electrons. The molecule has 0 aliphatic heterocycles. The quantitative estimate of drug-likeness (QED) is 0.604. The van der Waals surface area contributed by atoms with Crippen LogP contribution in [0.25, 0.3) is 6.08 Å². The Kier molecular flexibility index (Phi) is 6.58. The molecule has 0 heterocycles. The first kappa shape index (κ1) is 19.7. The summed E-state index contributed by atoms with van der Waals surface area (Å²) in [7, 11) is 0. The highest BCUT2D eigenvalue weighted by Gasteiger charge is 2.13. The maximum absolute atomic E-state index is 11.9. The van der Waals surface area contributed by atoms with Crippen LogP contribution in [0, 0.1) is 0 Å².